The minimum Gasteiger partial charge on any atom is -0.497 e. The van der Waals surface area contributed by atoms with Crippen LogP contribution in [0.5, 0.6) is 5.75 Å². The van der Waals surface area contributed by atoms with Crippen molar-refractivity contribution in [1.82, 2.24) is 0 Å². The zero-order chi connectivity index (χ0) is 23.4. The lowest BCUT2D eigenvalue weighted by atomic mass is 9.79. The predicted molar refractivity (Wildman–Crippen MR) is 136 cm³/mol. The minimum absolute atomic E-state index is 0.0813. The first-order valence-corrected chi connectivity index (χ1v) is 11.9. The number of ether oxygens (including phenoxy) is 3. The monoisotopic (exact) mass is 444 g/mol. The van der Waals surface area contributed by atoms with Crippen molar-refractivity contribution in [3.63, 3.8) is 0 Å². The van der Waals surface area contributed by atoms with Crippen molar-refractivity contribution in [2.24, 2.45) is 0 Å². The van der Waals surface area contributed by atoms with Crippen LogP contribution in [-0.2, 0) is 15.1 Å². The number of allylic oxidation sites excluding steroid dienone is 1. The lowest BCUT2D eigenvalue weighted by Crippen LogP contribution is -2.37. The second kappa shape index (κ2) is 13.0. The Balaban J connectivity index is 1.99. The van der Waals surface area contributed by atoms with Gasteiger partial charge in [-0.25, -0.2) is 0 Å². The average molecular weight is 445 g/mol. The van der Waals surface area contributed by atoms with Gasteiger partial charge in [0, 0.05) is 6.61 Å². The highest BCUT2D eigenvalue weighted by Gasteiger charge is 2.39. The van der Waals surface area contributed by atoms with Gasteiger partial charge in [-0.1, -0.05) is 91.9 Å². The zero-order valence-corrected chi connectivity index (χ0v) is 20.1. The van der Waals surface area contributed by atoms with Crippen LogP contribution in [-0.4, -0.2) is 26.4 Å². The molecule has 0 saturated carbocycles. The smallest absolute Gasteiger partial charge is 0.144 e. The lowest BCUT2D eigenvalue weighted by Gasteiger charge is -2.39. The molecule has 0 radical (unpaired) electrons. The van der Waals surface area contributed by atoms with Gasteiger partial charge in [0.25, 0.3) is 0 Å². The van der Waals surface area contributed by atoms with Crippen molar-refractivity contribution in [3.05, 3.63) is 114 Å². The van der Waals surface area contributed by atoms with E-state index < -0.39 is 5.60 Å². The Hall–Kier alpha value is -2.88. The van der Waals surface area contributed by atoms with Crippen molar-refractivity contribution in [1.29, 1.82) is 0 Å². The SMILES string of the molecule is CC=CCOCCCC(CC)OC(c1ccccc1)(c1ccccc1)c1ccc(OC)cc1. The first-order chi connectivity index (χ1) is 16.2. The van der Waals surface area contributed by atoms with E-state index in [0.29, 0.717) is 6.61 Å². The van der Waals surface area contributed by atoms with Gasteiger partial charge in [-0.2, -0.15) is 0 Å². The van der Waals surface area contributed by atoms with E-state index in [2.05, 4.69) is 67.6 Å². The van der Waals surface area contributed by atoms with Gasteiger partial charge in [0.2, 0.25) is 0 Å². The topological polar surface area (TPSA) is 27.7 Å². The third-order valence-electron chi connectivity index (χ3n) is 5.92. The Morgan fingerprint density at radius 1 is 0.818 bits per heavy atom. The maximum absolute atomic E-state index is 7.14. The molecule has 3 nitrogen and oxygen atoms in total. The van der Waals surface area contributed by atoms with Gasteiger partial charge in [-0.15, -0.1) is 0 Å². The van der Waals surface area contributed by atoms with Crippen molar-refractivity contribution in [3.8, 4) is 5.75 Å². The van der Waals surface area contributed by atoms with Crippen LogP contribution in [0.1, 0.15) is 49.8 Å². The second-order valence-corrected chi connectivity index (χ2v) is 8.08. The van der Waals surface area contributed by atoms with Crippen molar-refractivity contribution >= 4 is 0 Å². The molecule has 3 rings (SSSR count). The van der Waals surface area contributed by atoms with E-state index in [1.807, 2.05) is 43.3 Å². The summed E-state index contributed by atoms with van der Waals surface area (Å²) in [6.07, 6.45) is 6.95. The predicted octanol–water partition coefficient (Wildman–Crippen LogP) is 7.16. The molecule has 0 amide bonds. The van der Waals surface area contributed by atoms with E-state index in [9.17, 15) is 0 Å². The van der Waals surface area contributed by atoms with Crippen LogP contribution in [0.15, 0.2) is 97.1 Å². The van der Waals surface area contributed by atoms with Gasteiger partial charge in [0.15, 0.2) is 0 Å². The van der Waals surface area contributed by atoms with E-state index in [1.54, 1.807) is 7.11 Å². The summed E-state index contributed by atoms with van der Waals surface area (Å²) >= 11 is 0. The van der Waals surface area contributed by atoms with Gasteiger partial charge < -0.3 is 14.2 Å². The highest BCUT2D eigenvalue weighted by Crippen LogP contribution is 2.42. The van der Waals surface area contributed by atoms with Gasteiger partial charge in [0.05, 0.1) is 19.8 Å². The zero-order valence-electron chi connectivity index (χ0n) is 20.1. The molecule has 0 aliphatic carbocycles. The Labute approximate surface area is 199 Å². The summed E-state index contributed by atoms with van der Waals surface area (Å²) < 4.78 is 18.3. The quantitative estimate of drug-likeness (QED) is 0.159. The highest BCUT2D eigenvalue weighted by atomic mass is 16.5. The van der Waals surface area contributed by atoms with E-state index in [-0.39, 0.29) is 6.10 Å². The normalized spacial score (nSPS) is 12.7. The van der Waals surface area contributed by atoms with Crippen molar-refractivity contribution < 1.29 is 14.2 Å². The molecule has 3 aromatic rings. The van der Waals surface area contributed by atoms with E-state index in [4.69, 9.17) is 14.2 Å². The van der Waals surface area contributed by atoms with Crippen LogP contribution in [0.25, 0.3) is 0 Å². The molecule has 0 aliphatic rings. The molecule has 0 fully saturated rings. The lowest BCUT2D eigenvalue weighted by molar-refractivity contribution is -0.0552. The molecular weight excluding hydrogens is 408 g/mol. The van der Waals surface area contributed by atoms with E-state index in [0.717, 1.165) is 48.3 Å². The molecule has 0 N–H and O–H groups in total. The summed E-state index contributed by atoms with van der Waals surface area (Å²) in [6.45, 7) is 5.60. The fourth-order valence-corrected chi connectivity index (χ4v) is 4.13. The highest BCUT2D eigenvalue weighted by molar-refractivity contribution is 5.48. The third-order valence-corrected chi connectivity index (χ3v) is 5.92. The molecule has 0 aliphatic heterocycles. The number of hydrogen-bond acceptors (Lipinski definition) is 3. The average Bonchev–Trinajstić information content (AvgIpc) is 2.89. The summed E-state index contributed by atoms with van der Waals surface area (Å²) in [4.78, 5) is 0. The fraction of sp³-hybridized carbons (Fsp3) is 0.333. The number of benzene rings is 3. The molecule has 0 bridgehead atoms. The molecule has 1 atom stereocenters. The Kier molecular flexibility index (Phi) is 9.74. The first-order valence-electron chi connectivity index (χ1n) is 11.9. The fourth-order valence-electron chi connectivity index (χ4n) is 4.13. The van der Waals surface area contributed by atoms with Gasteiger partial charge in [-0.3, -0.25) is 0 Å². The Morgan fingerprint density at radius 3 is 1.91 bits per heavy atom. The van der Waals surface area contributed by atoms with Crippen LogP contribution in [0.2, 0.25) is 0 Å². The van der Waals surface area contributed by atoms with Gasteiger partial charge >= 0.3 is 0 Å². The molecular formula is C30H36O3. The van der Waals surface area contributed by atoms with E-state index >= 15 is 0 Å². The summed E-state index contributed by atoms with van der Waals surface area (Å²) in [5.41, 5.74) is 2.60. The minimum atomic E-state index is -0.721. The molecule has 1 unspecified atom stereocenters. The maximum Gasteiger partial charge on any atom is 0.144 e. The molecule has 174 valence electrons. The Bertz CT molecular complexity index is 909. The first kappa shape index (κ1) is 24.8. The third kappa shape index (κ3) is 6.34. The molecule has 0 spiro atoms. The number of hydrogen-bond donors (Lipinski definition) is 0. The molecule has 0 saturated heterocycles. The van der Waals surface area contributed by atoms with Crippen LogP contribution >= 0.6 is 0 Å². The van der Waals surface area contributed by atoms with Crippen LogP contribution in [0, 0.1) is 0 Å². The van der Waals surface area contributed by atoms with E-state index in [1.165, 1.54) is 0 Å². The van der Waals surface area contributed by atoms with Crippen molar-refractivity contribution in [2.45, 2.75) is 44.8 Å². The van der Waals surface area contributed by atoms with Crippen LogP contribution < -0.4 is 4.74 Å². The van der Waals surface area contributed by atoms with Gasteiger partial charge in [0.1, 0.15) is 11.4 Å². The molecule has 3 aromatic carbocycles. The summed E-state index contributed by atoms with van der Waals surface area (Å²) in [6, 6.07) is 29.3. The standard InChI is InChI=1S/C30H36O3/c1-4-6-23-32-24-13-18-28(5-2)33-30(25-14-9-7-10-15-25,26-16-11-8-12-17-26)27-19-21-29(31-3)22-20-27/h4,6-12,14-17,19-22,28H,5,13,18,23-24H2,1-3H3. The maximum atomic E-state index is 7.14. The van der Waals surface area contributed by atoms with Crippen LogP contribution in [0.4, 0.5) is 0 Å². The number of rotatable bonds is 13. The largest absolute Gasteiger partial charge is 0.497 e. The molecule has 33 heavy (non-hydrogen) atoms. The summed E-state index contributed by atoms with van der Waals surface area (Å²) in [7, 11) is 1.69. The number of methoxy groups -OCH3 is 1. The van der Waals surface area contributed by atoms with Gasteiger partial charge in [-0.05, 0) is 55.0 Å². The molecule has 3 heteroatoms. The second-order valence-electron chi connectivity index (χ2n) is 8.08. The van der Waals surface area contributed by atoms with Crippen molar-refractivity contribution in [2.75, 3.05) is 20.3 Å². The summed E-state index contributed by atoms with van der Waals surface area (Å²) in [5, 5.41) is 0. The Morgan fingerprint density at radius 2 is 1.39 bits per heavy atom. The molecule has 0 heterocycles. The molecule has 0 aromatic heterocycles. The van der Waals surface area contributed by atoms with Crippen LogP contribution in [0.3, 0.4) is 0 Å². The summed E-state index contributed by atoms with van der Waals surface area (Å²) in [5.74, 6) is 0.832.